The molecule has 2 aromatic carbocycles. The average molecular weight is 353 g/mol. The highest BCUT2D eigenvalue weighted by Crippen LogP contribution is 2.32. The maximum Gasteiger partial charge on any atom is 0.232 e. The van der Waals surface area contributed by atoms with Gasteiger partial charge in [-0.25, -0.2) is 0 Å². The molecule has 0 radical (unpaired) electrons. The number of anilines is 1. The maximum atomic E-state index is 13.0. The molecular formula is C20H19NO5. The van der Waals surface area contributed by atoms with Crippen molar-refractivity contribution in [2.45, 2.75) is 13.8 Å². The van der Waals surface area contributed by atoms with Gasteiger partial charge in [-0.15, -0.1) is 0 Å². The Kier molecular flexibility index (Phi) is 4.67. The second kappa shape index (κ2) is 6.92. The van der Waals surface area contributed by atoms with E-state index < -0.39 is 0 Å². The molecule has 1 amide bonds. The fourth-order valence-electron chi connectivity index (χ4n) is 2.83. The molecule has 3 rings (SSSR count). The zero-order chi connectivity index (χ0) is 18.8. The molecule has 1 N–H and O–H groups in total. The van der Waals surface area contributed by atoms with Gasteiger partial charge < -0.3 is 19.2 Å². The normalized spacial score (nSPS) is 10.6. The molecule has 0 aliphatic heterocycles. The van der Waals surface area contributed by atoms with Gasteiger partial charge >= 0.3 is 0 Å². The van der Waals surface area contributed by atoms with E-state index in [1.165, 1.54) is 21.1 Å². The van der Waals surface area contributed by atoms with Crippen molar-refractivity contribution in [2.24, 2.45) is 0 Å². The zero-order valence-corrected chi connectivity index (χ0v) is 15.0. The summed E-state index contributed by atoms with van der Waals surface area (Å²) in [6.07, 6.45) is 0. The van der Waals surface area contributed by atoms with Gasteiger partial charge in [0.05, 0.1) is 19.8 Å². The number of hydrogen-bond donors (Lipinski definition) is 1. The fourth-order valence-corrected chi connectivity index (χ4v) is 2.83. The Balaban J connectivity index is 2.09. The van der Waals surface area contributed by atoms with Crippen LogP contribution in [0.15, 0.2) is 40.8 Å². The molecule has 6 heteroatoms. The lowest BCUT2D eigenvalue weighted by molar-refractivity contribution is -0.114. The summed E-state index contributed by atoms with van der Waals surface area (Å²) in [6.45, 7) is 3.25. The van der Waals surface area contributed by atoms with Crippen molar-refractivity contribution in [2.75, 3.05) is 19.5 Å². The summed E-state index contributed by atoms with van der Waals surface area (Å²) in [6, 6.07) is 10.3. The summed E-state index contributed by atoms with van der Waals surface area (Å²) in [5.74, 6) is 0.760. The van der Waals surface area contributed by atoms with Gasteiger partial charge in [0.25, 0.3) is 0 Å². The number of ketones is 1. The predicted molar refractivity (Wildman–Crippen MR) is 98.2 cm³/mol. The van der Waals surface area contributed by atoms with E-state index >= 15 is 0 Å². The number of benzene rings is 2. The first-order chi connectivity index (χ1) is 12.4. The minimum Gasteiger partial charge on any atom is -0.497 e. The third-order valence-electron chi connectivity index (χ3n) is 4.11. The van der Waals surface area contributed by atoms with Crippen molar-refractivity contribution in [1.29, 1.82) is 0 Å². The smallest absolute Gasteiger partial charge is 0.232 e. The van der Waals surface area contributed by atoms with Gasteiger partial charge in [-0.2, -0.15) is 0 Å². The van der Waals surface area contributed by atoms with Crippen LogP contribution in [0.25, 0.3) is 11.0 Å². The standard InChI is InChI=1S/C20H19NO5/c1-11-15-9-13(21-12(2)22)5-7-18(15)26-20(11)19(23)16-10-14(24-3)6-8-17(16)25-4/h5-10H,1-4H3,(H,21,22). The number of amides is 1. The maximum absolute atomic E-state index is 13.0. The summed E-state index contributed by atoms with van der Waals surface area (Å²) in [5, 5.41) is 3.49. The number of carbonyl (C=O) groups is 2. The second-order valence-corrected chi connectivity index (χ2v) is 5.84. The highest BCUT2D eigenvalue weighted by Gasteiger charge is 2.23. The van der Waals surface area contributed by atoms with E-state index in [0.29, 0.717) is 33.9 Å². The van der Waals surface area contributed by atoms with Crippen LogP contribution in [0.4, 0.5) is 5.69 Å². The molecule has 0 saturated heterocycles. The van der Waals surface area contributed by atoms with Crippen molar-refractivity contribution in [3.8, 4) is 11.5 Å². The average Bonchev–Trinajstić information content (AvgIpc) is 2.96. The van der Waals surface area contributed by atoms with Crippen molar-refractivity contribution in [3.05, 3.63) is 53.3 Å². The number of nitrogens with one attached hydrogen (secondary N) is 1. The summed E-state index contributed by atoms with van der Waals surface area (Å²) in [7, 11) is 3.04. The molecule has 1 aromatic heterocycles. The second-order valence-electron chi connectivity index (χ2n) is 5.84. The number of methoxy groups -OCH3 is 2. The van der Waals surface area contributed by atoms with Crippen molar-refractivity contribution >= 4 is 28.3 Å². The molecule has 1 heterocycles. The van der Waals surface area contributed by atoms with Crippen LogP contribution in [0.3, 0.4) is 0 Å². The number of ether oxygens (including phenoxy) is 2. The molecule has 0 bridgehead atoms. The van der Waals surface area contributed by atoms with Crippen LogP contribution in [-0.2, 0) is 4.79 Å². The Morgan fingerprint density at radius 3 is 2.46 bits per heavy atom. The van der Waals surface area contributed by atoms with Crippen LogP contribution >= 0.6 is 0 Å². The Morgan fingerprint density at radius 1 is 1.04 bits per heavy atom. The third kappa shape index (κ3) is 3.13. The number of furan rings is 1. The molecular weight excluding hydrogens is 334 g/mol. The number of fused-ring (bicyclic) bond motifs is 1. The Morgan fingerprint density at radius 2 is 1.81 bits per heavy atom. The van der Waals surface area contributed by atoms with Gasteiger partial charge in [0.1, 0.15) is 17.1 Å². The molecule has 6 nitrogen and oxygen atoms in total. The quantitative estimate of drug-likeness (QED) is 0.703. The Hall–Kier alpha value is -3.28. The van der Waals surface area contributed by atoms with E-state index in [9.17, 15) is 9.59 Å². The van der Waals surface area contributed by atoms with Gasteiger partial charge in [0.2, 0.25) is 11.7 Å². The summed E-state index contributed by atoms with van der Waals surface area (Å²) in [4.78, 5) is 24.3. The number of carbonyl (C=O) groups excluding carboxylic acids is 2. The van der Waals surface area contributed by atoms with Crippen LogP contribution in [0.5, 0.6) is 11.5 Å². The molecule has 0 saturated carbocycles. The number of aryl methyl sites for hydroxylation is 1. The lowest BCUT2D eigenvalue weighted by atomic mass is 10.0. The van der Waals surface area contributed by atoms with Crippen molar-refractivity contribution in [3.63, 3.8) is 0 Å². The van der Waals surface area contributed by atoms with E-state index in [2.05, 4.69) is 5.32 Å². The zero-order valence-electron chi connectivity index (χ0n) is 15.0. The minimum atomic E-state index is -0.296. The molecule has 0 aliphatic carbocycles. The van der Waals surface area contributed by atoms with Crippen LogP contribution < -0.4 is 14.8 Å². The van der Waals surface area contributed by atoms with E-state index in [1.807, 2.05) is 6.92 Å². The van der Waals surface area contributed by atoms with E-state index in [1.54, 1.807) is 36.4 Å². The third-order valence-corrected chi connectivity index (χ3v) is 4.11. The highest BCUT2D eigenvalue weighted by molar-refractivity contribution is 6.12. The molecule has 26 heavy (non-hydrogen) atoms. The topological polar surface area (TPSA) is 77.8 Å². The Labute approximate surface area is 150 Å². The minimum absolute atomic E-state index is 0.164. The monoisotopic (exact) mass is 353 g/mol. The first-order valence-corrected chi connectivity index (χ1v) is 8.02. The molecule has 3 aromatic rings. The molecule has 134 valence electrons. The predicted octanol–water partition coefficient (Wildman–Crippen LogP) is 3.95. The first kappa shape index (κ1) is 17.5. The van der Waals surface area contributed by atoms with Crippen molar-refractivity contribution < 1.29 is 23.5 Å². The van der Waals surface area contributed by atoms with Gasteiger partial charge in [0, 0.05) is 23.6 Å². The van der Waals surface area contributed by atoms with Gasteiger partial charge in [-0.05, 0) is 43.3 Å². The van der Waals surface area contributed by atoms with E-state index in [4.69, 9.17) is 13.9 Å². The summed E-state index contributed by atoms with van der Waals surface area (Å²) >= 11 is 0. The largest absolute Gasteiger partial charge is 0.497 e. The molecule has 0 atom stereocenters. The Bertz CT molecular complexity index is 1000. The summed E-state index contributed by atoms with van der Waals surface area (Å²) < 4.78 is 16.3. The van der Waals surface area contributed by atoms with E-state index in [-0.39, 0.29) is 17.5 Å². The van der Waals surface area contributed by atoms with Crippen LogP contribution in [-0.4, -0.2) is 25.9 Å². The SMILES string of the molecule is COc1ccc(OC)c(C(=O)c2oc3ccc(NC(C)=O)cc3c2C)c1. The molecule has 0 fully saturated rings. The lowest BCUT2D eigenvalue weighted by Gasteiger charge is -2.08. The molecule has 0 spiro atoms. The van der Waals surface area contributed by atoms with E-state index in [0.717, 1.165) is 5.39 Å². The molecule has 0 aliphatic rings. The van der Waals surface area contributed by atoms with Gasteiger partial charge in [-0.3, -0.25) is 9.59 Å². The van der Waals surface area contributed by atoms with Crippen molar-refractivity contribution in [1.82, 2.24) is 0 Å². The van der Waals surface area contributed by atoms with Crippen LogP contribution in [0.2, 0.25) is 0 Å². The summed E-state index contributed by atoms with van der Waals surface area (Å²) in [5.41, 5.74) is 2.27. The first-order valence-electron chi connectivity index (χ1n) is 8.02. The molecule has 0 unspecified atom stereocenters. The fraction of sp³-hybridized carbons (Fsp3) is 0.200. The number of hydrogen-bond acceptors (Lipinski definition) is 5. The van der Waals surface area contributed by atoms with Gasteiger partial charge in [-0.1, -0.05) is 0 Å². The van der Waals surface area contributed by atoms with Crippen LogP contribution in [0, 0.1) is 6.92 Å². The highest BCUT2D eigenvalue weighted by atomic mass is 16.5. The number of rotatable bonds is 5. The van der Waals surface area contributed by atoms with Crippen LogP contribution in [0.1, 0.15) is 28.6 Å². The van der Waals surface area contributed by atoms with Gasteiger partial charge in [0.15, 0.2) is 5.76 Å². The lowest BCUT2D eigenvalue weighted by Crippen LogP contribution is -2.05.